The Labute approximate surface area is 290 Å². The van der Waals surface area contributed by atoms with Crippen LogP contribution < -0.4 is 0 Å². The average Bonchev–Trinajstić information content (AvgIpc) is 3.40. The minimum atomic E-state index is -0.911. The van der Waals surface area contributed by atoms with E-state index in [-0.39, 0.29) is 41.6 Å². The third kappa shape index (κ3) is 5.44. The van der Waals surface area contributed by atoms with Crippen molar-refractivity contribution >= 4 is 11.9 Å². The summed E-state index contributed by atoms with van der Waals surface area (Å²) in [6.45, 7) is 18.3. The van der Waals surface area contributed by atoms with Crippen molar-refractivity contribution in [3.05, 3.63) is 0 Å². The van der Waals surface area contributed by atoms with Crippen LogP contribution >= 0.6 is 0 Å². The van der Waals surface area contributed by atoms with Crippen LogP contribution in [0.5, 0.6) is 0 Å². The summed E-state index contributed by atoms with van der Waals surface area (Å²) in [5.74, 6) is -0.149. The van der Waals surface area contributed by atoms with Gasteiger partial charge in [-0.05, 0) is 109 Å². The van der Waals surface area contributed by atoms with E-state index in [0.717, 1.165) is 51.4 Å². The van der Waals surface area contributed by atoms with Gasteiger partial charge in [0.1, 0.15) is 11.7 Å². The van der Waals surface area contributed by atoms with Crippen LogP contribution in [0.15, 0.2) is 5.16 Å². The van der Waals surface area contributed by atoms with Crippen LogP contribution in [0.3, 0.4) is 0 Å². The number of rotatable bonds is 4. The molecule has 0 radical (unpaired) electrons. The number of ether oxygens (including phenoxy) is 5. The van der Waals surface area contributed by atoms with E-state index >= 15 is 0 Å². The Hall–Kier alpha value is -1.38. The number of oxime groups is 1. The van der Waals surface area contributed by atoms with Crippen molar-refractivity contribution in [2.24, 2.45) is 52.5 Å². The molecule has 4 bridgehead atoms. The van der Waals surface area contributed by atoms with Crippen LogP contribution in [-0.2, 0) is 48.1 Å². The molecule has 8 aliphatic heterocycles. The molecule has 10 rings (SSSR count). The van der Waals surface area contributed by atoms with Crippen molar-refractivity contribution in [1.82, 2.24) is 0 Å². The molecule has 2 aliphatic carbocycles. The van der Waals surface area contributed by atoms with Gasteiger partial charge in [0.2, 0.25) is 11.6 Å². The first kappa shape index (κ1) is 34.7. The molecule has 0 aromatic carbocycles. The lowest BCUT2D eigenvalue weighted by molar-refractivity contribution is -0.571. The van der Waals surface area contributed by atoms with E-state index in [1.165, 1.54) is 0 Å². The molecule has 0 amide bonds. The summed E-state index contributed by atoms with van der Waals surface area (Å²) in [5, 5.41) is 4.56. The van der Waals surface area contributed by atoms with Gasteiger partial charge in [0.25, 0.3) is 0 Å². The second-order valence-electron chi connectivity index (χ2n) is 18.1. The van der Waals surface area contributed by atoms with Crippen LogP contribution in [0, 0.1) is 47.3 Å². The van der Waals surface area contributed by atoms with Gasteiger partial charge in [0, 0.05) is 31.1 Å². The molecule has 49 heavy (non-hydrogen) atoms. The van der Waals surface area contributed by atoms with Crippen LogP contribution in [-0.4, -0.2) is 65.0 Å². The monoisotopic (exact) mass is 691 g/mol. The van der Waals surface area contributed by atoms with Crippen molar-refractivity contribution in [1.29, 1.82) is 0 Å². The van der Waals surface area contributed by atoms with Gasteiger partial charge in [0.15, 0.2) is 23.8 Å². The highest BCUT2D eigenvalue weighted by molar-refractivity contribution is 5.89. The standard InChI is InChI=1S/C37H57NO11/c1-19-10-12-25-21(3)28(40-30-36(25)23(19)14-16-34(8,42-30)46-48-36)18-27(38-45-32(39)44-33(5,6)7)29-22(4)26-13-11-20(2)24-15-17-35(9)43-31(41-29)37(24,26)49-47-35/h19-26,28-31H,10-18H2,1-9H3/b38-27-/t19-,20-,21-,22-,23+,24+,25+,26+,28-,29+,30-,31-,34-,35-,36-,37-/m1/s1. The highest BCUT2D eigenvalue weighted by atomic mass is 17.3. The smallest absolute Gasteiger partial charge is 0.427 e. The second kappa shape index (κ2) is 11.8. The van der Waals surface area contributed by atoms with Crippen LogP contribution in [0.2, 0.25) is 0 Å². The van der Waals surface area contributed by atoms with Crippen molar-refractivity contribution in [3.63, 3.8) is 0 Å². The average molecular weight is 692 g/mol. The quantitative estimate of drug-likeness (QED) is 0.0979. The first-order valence-electron chi connectivity index (χ1n) is 18.9. The van der Waals surface area contributed by atoms with Crippen LogP contribution in [0.4, 0.5) is 4.79 Å². The normalized spacial score (nSPS) is 53.5. The lowest BCUT2D eigenvalue weighted by atomic mass is 9.56. The Morgan fingerprint density at radius 3 is 1.80 bits per heavy atom. The first-order chi connectivity index (χ1) is 23.1. The van der Waals surface area contributed by atoms with Gasteiger partial charge in [0.05, 0.1) is 11.8 Å². The van der Waals surface area contributed by atoms with E-state index in [0.29, 0.717) is 24.0 Å². The van der Waals surface area contributed by atoms with Gasteiger partial charge >= 0.3 is 6.16 Å². The van der Waals surface area contributed by atoms with E-state index in [1.807, 2.05) is 13.8 Å². The summed E-state index contributed by atoms with van der Waals surface area (Å²) < 4.78 is 32.8. The molecular formula is C37H57NO11. The summed E-state index contributed by atoms with van der Waals surface area (Å²) in [6, 6.07) is 0. The fraction of sp³-hybridized carbons (Fsp3) is 0.946. The maximum Gasteiger partial charge on any atom is 0.535 e. The largest absolute Gasteiger partial charge is 0.535 e. The summed E-state index contributed by atoms with van der Waals surface area (Å²) in [5.41, 5.74) is -1.56. The molecule has 0 aromatic rings. The predicted molar refractivity (Wildman–Crippen MR) is 173 cm³/mol. The third-order valence-corrected chi connectivity index (χ3v) is 13.8. The molecule has 276 valence electrons. The van der Waals surface area contributed by atoms with Crippen molar-refractivity contribution < 1.29 is 52.9 Å². The molecule has 2 spiro atoms. The molecule has 12 heteroatoms. The van der Waals surface area contributed by atoms with E-state index in [2.05, 4.69) is 32.9 Å². The minimum absolute atomic E-state index is 0.0483. The van der Waals surface area contributed by atoms with Crippen molar-refractivity contribution in [2.75, 3.05) is 0 Å². The van der Waals surface area contributed by atoms with Crippen molar-refractivity contribution in [2.45, 2.75) is 173 Å². The number of nitrogens with zero attached hydrogens (tertiary/aromatic N) is 1. The number of fused-ring (bicyclic) bond motifs is 4. The maximum atomic E-state index is 12.9. The summed E-state index contributed by atoms with van der Waals surface area (Å²) in [4.78, 5) is 43.3. The Bertz CT molecular complexity index is 1340. The Morgan fingerprint density at radius 2 is 1.24 bits per heavy atom. The molecule has 0 aromatic heterocycles. The number of carbonyl (C=O) groups is 1. The Morgan fingerprint density at radius 1 is 0.714 bits per heavy atom. The SMILES string of the molecule is C[C@H]1[C@@H](/C(C[C@H]2O[C@@H]3O[C@@]4(C)CC[C@H]5[C@H](C)CC[C@@H]([C@H]2C)[C@@]35OO4)=N\OC(=O)OC(C)(C)C)O[C@@H]2O[C@@]3(C)CC[C@H]4[C@H](C)CC[C@@H]1[C@@]24OO3. The zero-order valence-electron chi connectivity index (χ0n) is 30.7. The number of hydrogen-bond donors (Lipinski definition) is 0. The molecular weight excluding hydrogens is 634 g/mol. The fourth-order valence-corrected chi connectivity index (χ4v) is 11.3. The number of carbonyl (C=O) groups excluding carboxylic acids is 1. The summed E-state index contributed by atoms with van der Waals surface area (Å²) in [7, 11) is 0. The van der Waals surface area contributed by atoms with E-state index < -0.39 is 53.2 Å². The van der Waals surface area contributed by atoms with E-state index in [9.17, 15) is 4.79 Å². The number of hydrogen-bond acceptors (Lipinski definition) is 12. The van der Waals surface area contributed by atoms with Gasteiger partial charge < -0.3 is 23.7 Å². The zero-order chi connectivity index (χ0) is 34.7. The highest BCUT2D eigenvalue weighted by Gasteiger charge is 2.71. The Kier molecular flexibility index (Phi) is 8.37. The van der Waals surface area contributed by atoms with Crippen LogP contribution in [0.1, 0.15) is 120 Å². The Balaban J connectivity index is 1.13. The lowest BCUT2D eigenvalue weighted by Gasteiger charge is -2.61. The zero-order valence-corrected chi connectivity index (χ0v) is 30.7. The molecule has 2 saturated carbocycles. The molecule has 10 fully saturated rings. The predicted octanol–water partition coefficient (Wildman–Crippen LogP) is 7.19. The maximum absolute atomic E-state index is 12.9. The lowest BCUT2D eigenvalue weighted by Crippen LogP contribution is -2.71. The molecule has 0 unspecified atom stereocenters. The second-order valence-corrected chi connectivity index (χ2v) is 18.1. The molecule has 10 aliphatic rings. The van der Waals surface area contributed by atoms with Gasteiger partial charge in [-0.2, -0.15) is 0 Å². The van der Waals surface area contributed by atoms with Gasteiger partial charge in [-0.3, -0.25) is 4.84 Å². The fourth-order valence-electron chi connectivity index (χ4n) is 11.3. The van der Waals surface area contributed by atoms with E-state index in [4.69, 9.17) is 48.1 Å². The molecule has 16 atom stereocenters. The van der Waals surface area contributed by atoms with Gasteiger partial charge in [-0.15, -0.1) is 0 Å². The highest BCUT2D eigenvalue weighted by Crippen LogP contribution is 2.63. The third-order valence-electron chi connectivity index (χ3n) is 13.8. The molecule has 8 saturated heterocycles. The molecule has 0 N–H and O–H groups in total. The minimum Gasteiger partial charge on any atom is -0.427 e. The van der Waals surface area contributed by atoms with Gasteiger partial charge in [-0.25, -0.2) is 24.3 Å². The topological polar surface area (TPSA) is 122 Å². The summed E-state index contributed by atoms with van der Waals surface area (Å²) >= 11 is 0. The summed E-state index contributed by atoms with van der Waals surface area (Å²) in [6.07, 6.45) is 4.86. The van der Waals surface area contributed by atoms with Gasteiger partial charge in [-0.1, -0.05) is 32.9 Å². The first-order valence-corrected chi connectivity index (χ1v) is 18.9. The van der Waals surface area contributed by atoms with Crippen LogP contribution in [0.25, 0.3) is 0 Å². The van der Waals surface area contributed by atoms with E-state index in [1.54, 1.807) is 20.8 Å². The van der Waals surface area contributed by atoms with Crippen molar-refractivity contribution in [3.8, 4) is 0 Å². The molecule has 12 nitrogen and oxygen atoms in total. The molecule has 8 heterocycles.